The van der Waals surface area contributed by atoms with Gasteiger partial charge < -0.3 is 19.9 Å². The van der Waals surface area contributed by atoms with Crippen molar-refractivity contribution in [2.45, 2.75) is 19.5 Å². The number of carbonyl (C=O) groups is 2. The average molecular weight is 384 g/mol. The van der Waals surface area contributed by atoms with E-state index in [0.717, 1.165) is 11.1 Å². The zero-order valence-electron chi connectivity index (χ0n) is 15.9. The molecule has 28 heavy (non-hydrogen) atoms. The minimum atomic E-state index is -0.889. The summed E-state index contributed by atoms with van der Waals surface area (Å²) < 4.78 is 10.7. The van der Waals surface area contributed by atoms with Gasteiger partial charge in [0.15, 0.2) is 11.5 Å². The van der Waals surface area contributed by atoms with Gasteiger partial charge in [0.25, 0.3) is 0 Å². The van der Waals surface area contributed by atoms with Gasteiger partial charge in [-0.3, -0.25) is 14.5 Å². The van der Waals surface area contributed by atoms with Crippen LogP contribution in [-0.2, 0) is 16.1 Å². The highest BCUT2D eigenvalue weighted by atomic mass is 16.7. The van der Waals surface area contributed by atoms with E-state index >= 15 is 0 Å². The predicted octanol–water partition coefficient (Wildman–Crippen LogP) is 2.43. The topological polar surface area (TPSA) is 88.1 Å². The normalized spacial score (nSPS) is 14.5. The molecular formula is C21H24N2O5. The number of fused-ring (bicyclic) bond motifs is 1. The molecule has 0 radical (unpaired) electrons. The molecule has 0 bridgehead atoms. The van der Waals surface area contributed by atoms with E-state index in [4.69, 9.17) is 9.47 Å². The standard InChI is InChI=1S/C21H24N2O5/c1-14(21(25)26)12-23(2)19(16-6-4-3-5-7-16)20(24)22-11-15-8-9-17-18(10-15)28-13-27-17/h3-10,14,19H,11-13H2,1-2H3,(H,22,24)(H,25,26). The number of carbonyl (C=O) groups excluding carboxylic acids is 1. The van der Waals surface area contributed by atoms with Crippen LogP contribution >= 0.6 is 0 Å². The molecule has 7 nitrogen and oxygen atoms in total. The molecule has 2 aromatic carbocycles. The smallest absolute Gasteiger partial charge is 0.307 e. The summed E-state index contributed by atoms with van der Waals surface area (Å²) in [6.45, 7) is 2.42. The Morgan fingerprint density at radius 1 is 1.14 bits per heavy atom. The van der Waals surface area contributed by atoms with Crippen molar-refractivity contribution in [3.05, 3.63) is 59.7 Å². The molecule has 2 atom stereocenters. The second-order valence-corrected chi connectivity index (χ2v) is 6.90. The Balaban J connectivity index is 1.72. The van der Waals surface area contributed by atoms with Gasteiger partial charge in [-0.25, -0.2) is 0 Å². The summed E-state index contributed by atoms with van der Waals surface area (Å²) in [5, 5.41) is 12.1. The number of benzene rings is 2. The maximum absolute atomic E-state index is 13.0. The highest BCUT2D eigenvalue weighted by Gasteiger charge is 2.27. The first-order valence-electron chi connectivity index (χ1n) is 9.10. The SMILES string of the molecule is CC(CN(C)C(C(=O)NCc1ccc2c(c1)OCO2)c1ccccc1)C(=O)O. The molecule has 1 aliphatic heterocycles. The lowest BCUT2D eigenvalue weighted by atomic mass is 10.0. The van der Waals surface area contributed by atoms with Crippen LogP contribution in [-0.4, -0.2) is 42.3 Å². The zero-order valence-corrected chi connectivity index (χ0v) is 15.9. The van der Waals surface area contributed by atoms with E-state index in [2.05, 4.69) is 5.32 Å². The van der Waals surface area contributed by atoms with Crippen molar-refractivity contribution in [3.8, 4) is 11.5 Å². The van der Waals surface area contributed by atoms with E-state index in [-0.39, 0.29) is 19.2 Å². The first-order valence-corrected chi connectivity index (χ1v) is 9.10. The zero-order chi connectivity index (χ0) is 20.1. The van der Waals surface area contributed by atoms with Crippen molar-refractivity contribution in [1.29, 1.82) is 0 Å². The first kappa shape index (κ1) is 19.7. The third-order valence-corrected chi connectivity index (χ3v) is 4.69. The molecule has 1 aliphatic rings. The number of nitrogens with one attached hydrogen (secondary N) is 1. The Kier molecular flexibility index (Phi) is 6.16. The highest BCUT2D eigenvalue weighted by Crippen LogP contribution is 2.32. The number of likely N-dealkylation sites (N-methyl/N-ethyl adjacent to an activating group) is 1. The molecule has 7 heteroatoms. The molecule has 0 saturated heterocycles. The number of ether oxygens (including phenoxy) is 2. The summed E-state index contributed by atoms with van der Waals surface area (Å²) in [6.07, 6.45) is 0. The monoisotopic (exact) mass is 384 g/mol. The Bertz CT molecular complexity index is 840. The molecule has 148 valence electrons. The van der Waals surface area contributed by atoms with Crippen molar-refractivity contribution >= 4 is 11.9 Å². The minimum absolute atomic E-state index is 0.191. The second kappa shape index (κ2) is 8.75. The van der Waals surface area contributed by atoms with Gasteiger partial charge in [-0.05, 0) is 30.3 Å². The number of carboxylic acids is 1. The molecule has 1 amide bonds. The Morgan fingerprint density at radius 2 is 1.86 bits per heavy atom. The number of carboxylic acid groups (broad SMARTS) is 1. The summed E-state index contributed by atoms with van der Waals surface area (Å²) in [4.78, 5) is 26.0. The van der Waals surface area contributed by atoms with Gasteiger partial charge >= 0.3 is 5.97 Å². The van der Waals surface area contributed by atoms with Crippen molar-refractivity contribution < 1.29 is 24.2 Å². The summed E-state index contributed by atoms with van der Waals surface area (Å²) >= 11 is 0. The molecule has 0 saturated carbocycles. The lowest BCUT2D eigenvalue weighted by Gasteiger charge is -2.28. The molecule has 0 fully saturated rings. The Hall–Kier alpha value is -3.06. The predicted molar refractivity (Wildman–Crippen MR) is 103 cm³/mol. The Labute approximate surface area is 163 Å². The quantitative estimate of drug-likeness (QED) is 0.727. The number of amides is 1. The number of nitrogens with zero attached hydrogens (tertiary/aromatic N) is 1. The maximum atomic E-state index is 13.0. The summed E-state index contributed by atoms with van der Waals surface area (Å²) in [6, 6.07) is 14.3. The lowest BCUT2D eigenvalue weighted by Crippen LogP contribution is -2.41. The summed E-state index contributed by atoms with van der Waals surface area (Å²) in [5.74, 6) is -0.306. The molecular weight excluding hydrogens is 360 g/mol. The van der Waals surface area contributed by atoms with Crippen molar-refractivity contribution in [1.82, 2.24) is 10.2 Å². The average Bonchev–Trinajstić information content (AvgIpc) is 3.15. The fourth-order valence-corrected chi connectivity index (χ4v) is 3.19. The number of hydrogen-bond donors (Lipinski definition) is 2. The van der Waals surface area contributed by atoms with Crippen LogP contribution in [0.3, 0.4) is 0 Å². The third-order valence-electron chi connectivity index (χ3n) is 4.69. The lowest BCUT2D eigenvalue weighted by molar-refractivity contribution is -0.142. The van der Waals surface area contributed by atoms with Gasteiger partial charge in [0.05, 0.1) is 5.92 Å². The third kappa shape index (κ3) is 4.61. The van der Waals surface area contributed by atoms with Crippen molar-refractivity contribution in [2.24, 2.45) is 5.92 Å². The van der Waals surface area contributed by atoms with Gasteiger partial charge in [-0.1, -0.05) is 43.3 Å². The molecule has 3 rings (SSSR count). The summed E-state index contributed by atoms with van der Waals surface area (Å²) in [5.41, 5.74) is 1.71. The van der Waals surface area contributed by atoms with Gasteiger partial charge in [0.2, 0.25) is 12.7 Å². The largest absolute Gasteiger partial charge is 0.481 e. The van der Waals surface area contributed by atoms with E-state index < -0.39 is 17.9 Å². The van der Waals surface area contributed by atoms with Crippen molar-refractivity contribution in [3.63, 3.8) is 0 Å². The second-order valence-electron chi connectivity index (χ2n) is 6.90. The van der Waals surface area contributed by atoms with Crippen LogP contribution in [0.2, 0.25) is 0 Å². The van der Waals surface area contributed by atoms with Crippen LogP contribution < -0.4 is 14.8 Å². The van der Waals surface area contributed by atoms with Gasteiger partial charge in [0, 0.05) is 13.1 Å². The molecule has 2 unspecified atom stereocenters. The van der Waals surface area contributed by atoms with Crippen molar-refractivity contribution in [2.75, 3.05) is 20.4 Å². The number of rotatable bonds is 8. The van der Waals surface area contributed by atoms with Crippen LogP contribution in [0.25, 0.3) is 0 Å². The minimum Gasteiger partial charge on any atom is -0.481 e. The van der Waals surface area contributed by atoms with Gasteiger partial charge in [-0.2, -0.15) is 0 Å². The molecule has 0 aromatic heterocycles. The van der Waals surface area contributed by atoms with E-state index in [9.17, 15) is 14.7 Å². The van der Waals surface area contributed by atoms with Crippen LogP contribution in [0, 0.1) is 5.92 Å². The fourth-order valence-electron chi connectivity index (χ4n) is 3.19. The van der Waals surface area contributed by atoms with Crippen LogP contribution in [0.5, 0.6) is 11.5 Å². The Morgan fingerprint density at radius 3 is 2.57 bits per heavy atom. The van der Waals surface area contributed by atoms with Crippen LogP contribution in [0.1, 0.15) is 24.1 Å². The van der Waals surface area contributed by atoms with E-state index in [0.29, 0.717) is 18.0 Å². The molecule has 2 aromatic rings. The van der Waals surface area contributed by atoms with Gasteiger partial charge in [-0.15, -0.1) is 0 Å². The van der Waals surface area contributed by atoms with Gasteiger partial charge in [0.1, 0.15) is 6.04 Å². The van der Waals surface area contributed by atoms with E-state index in [1.807, 2.05) is 48.5 Å². The molecule has 2 N–H and O–H groups in total. The van der Waals surface area contributed by atoms with E-state index in [1.165, 1.54) is 0 Å². The maximum Gasteiger partial charge on any atom is 0.307 e. The van der Waals surface area contributed by atoms with E-state index in [1.54, 1.807) is 18.9 Å². The number of hydrogen-bond acceptors (Lipinski definition) is 5. The first-order chi connectivity index (χ1) is 13.5. The molecule has 0 aliphatic carbocycles. The van der Waals surface area contributed by atoms with Crippen LogP contribution in [0.4, 0.5) is 0 Å². The number of aliphatic carboxylic acids is 1. The fraction of sp³-hybridized carbons (Fsp3) is 0.333. The summed E-state index contributed by atoms with van der Waals surface area (Å²) in [7, 11) is 1.76. The molecule has 0 spiro atoms. The molecule has 1 heterocycles. The van der Waals surface area contributed by atoms with Crippen LogP contribution in [0.15, 0.2) is 48.5 Å². The highest BCUT2D eigenvalue weighted by molar-refractivity contribution is 5.83.